The summed E-state index contributed by atoms with van der Waals surface area (Å²) in [7, 11) is 0. The third-order valence-corrected chi connectivity index (χ3v) is 1.45. The summed E-state index contributed by atoms with van der Waals surface area (Å²) < 4.78 is 0. The van der Waals surface area contributed by atoms with Crippen LogP contribution in [0.3, 0.4) is 0 Å². The second kappa shape index (κ2) is 5.90. The summed E-state index contributed by atoms with van der Waals surface area (Å²) >= 11 is 0. The first kappa shape index (κ1) is 10.2. The first-order valence-corrected chi connectivity index (χ1v) is 4.01. The molecule has 0 rings (SSSR count). The second-order valence-electron chi connectivity index (χ2n) is 2.70. The van der Waals surface area contributed by atoms with Gasteiger partial charge in [-0.1, -0.05) is 18.6 Å². The molecule has 0 saturated carbocycles. The molecular formula is C10H17N. The Bertz CT molecular complexity index is 181. The Hall–Kier alpha value is -0.850. The van der Waals surface area contributed by atoms with Gasteiger partial charge in [0.05, 0.1) is 0 Å². The Morgan fingerprint density at radius 1 is 1.27 bits per heavy atom. The van der Waals surface area contributed by atoms with Crippen LogP contribution in [0, 0.1) is 0 Å². The third kappa shape index (κ3) is 5.59. The van der Waals surface area contributed by atoms with Crippen molar-refractivity contribution in [3.8, 4) is 0 Å². The molecule has 0 unspecified atom stereocenters. The molecule has 0 atom stereocenters. The predicted octanol–water partition coefficient (Wildman–Crippen LogP) is 3.34. The van der Waals surface area contributed by atoms with Crippen LogP contribution in [0.4, 0.5) is 0 Å². The number of hydrogen-bond acceptors (Lipinski definition) is 1. The van der Waals surface area contributed by atoms with Crippen molar-refractivity contribution in [3.05, 3.63) is 23.4 Å². The van der Waals surface area contributed by atoms with Crippen LogP contribution in [-0.2, 0) is 0 Å². The zero-order chi connectivity index (χ0) is 8.69. The van der Waals surface area contributed by atoms with E-state index in [0.29, 0.717) is 0 Å². The molecule has 0 amide bonds. The smallest absolute Gasteiger partial charge is 0.0359 e. The quantitative estimate of drug-likeness (QED) is 0.548. The first-order chi connectivity index (χ1) is 5.18. The number of rotatable bonds is 3. The van der Waals surface area contributed by atoms with Gasteiger partial charge in [0.1, 0.15) is 0 Å². The monoisotopic (exact) mass is 151 g/mol. The van der Waals surface area contributed by atoms with Gasteiger partial charge in [0.2, 0.25) is 0 Å². The third-order valence-electron chi connectivity index (χ3n) is 1.45. The fraction of sp³-hybridized carbons (Fsp3) is 0.500. The summed E-state index contributed by atoms with van der Waals surface area (Å²) in [4.78, 5) is 4.23. The molecule has 0 aromatic rings. The van der Waals surface area contributed by atoms with Gasteiger partial charge in [0, 0.05) is 11.9 Å². The largest absolute Gasteiger partial charge is 0.262 e. The Morgan fingerprint density at radius 3 is 2.36 bits per heavy atom. The molecule has 0 aliphatic heterocycles. The van der Waals surface area contributed by atoms with Gasteiger partial charge in [0.15, 0.2) is 0 Å². The summed E-state index contributed by atoms with van der Waals surface area (Å²) in [5.41, 5.74) is 2.37. The molecule has 0 heterocycles. The number of allylic oxidation sites excluding steroid dienone is 4. The molecule has 0 fully saturated rings. The normalized spacial score (nSPS) is 11.3. The number of aliphatic imine (C=N–C) groups is 1. The molecule has 0 aliphatic rings. The van der Waals surface area contributed by atoms with Gasteiger partial charge in [-0.15, -0.1) is 0 Å². The standard InChI is InChI=1S/C10H17N/c1-5-6-7-8-11-10(4)9(2)3/h6-8H,5H2,1-4H3/b7-6+,11-8?. The molecule has 0 aromatic carbocycles. The Kier molecular flexibility index (Phi) is 5.44. The van der Waals surface area contributed by atoms with Gasteiger partial charge in [-0.2, -0.15) is 0 Å². The summed E-state index contributed by atoms with van der Waals surface area (Å²) in [5.74, 6) is 0. The maximum absolute atomic E-state index is 4.23. The van der Waals surface area contributed by atoms with Crippen LogP contribution in [-0.4, -0.2) is 6.21 Å². The average Bonchev–Trinajstić information content (AvgIpc) is 1.97. The highest BCUT2D eigenvalue weighted by atomic mass is 14.7. The molecule has 0 aliphatic carbocycles. The van der Waals surface area contributed by atoms with Crippen LogP contribution in [0.1, 0.15) is 34.1 Å². The summed E-state index contributed by atoms with van der Waals surface area (Å²) in [6.45, 7) is 8.26. The van der Waals surface area contributed by atoms with Crippen LogP contribution in [0.15, 0.2) is 28.4 Å². The molecule has 0 N–H and O–H groups in total. The fourth-order valence-corrected chi connectivity index (χ4v) is 0.481. The van der Waals surface area contributed by atoms with Gasteiger partial charge in [-0.3, -0.25) is 4.99 Å². The molecule has 11 heavy (non-hydrogen) atoms. The second-order valence-corrected chi connectivity index (χ2v) is 2.70. The Labute approximate surface area is 69.5 Å². The maximum Gasteiger partial charge on any atom is 0.0359 e. The Balaban J connectivity index is 3.94. The van der Waals surface area contributed by atoms with Gasteiger partial charge in [0.25, 0.3) is 0 Å². The van der Waals surface area contributed by atoms with Crippen molar-refractivity contribution in [2.75, 3.05) is 0 Å². The summed E-state index contributed by atoms with van der Waals surface area (Å²) in [6, 6.07) is 0. The van der Waals surface area contributed by atoms with Crippen molar-refractivity contribution in [3.63, 3.8) is 0 Å². The van der Waals surface area contributed by atoms with E-state index in [9.17, 15) is 0 Å². The molecule has 1 nitrogen and oxygen atoms in total. The highest BCUT2D eigenvalue weighted by Crippen LogP contribution is 2.01. The van der Waals surface area contributed by atoms with Crippen LogP contribution in [0.25, 0.3) is 0 Å². The first-order valence-electron chi connectivity index (χ1n) is 4.01. The molecule has 62 valence electrons. The fourth-order valence-electron chi connectivity index (χ4n) is 0.481. The van der Waals surface area contributed by atoms with Crippen molar-refractivity contribution >= 4 is 6.21 Å². The lowest BCUT2D eigenvalue weighted by Gasteiger charge is -1.92. The van der Waals surface area contributed by atoms with Gasteiger partial charge < -0.3 is 0 Å². The van der Waals surface area contributed by atoms with E-state index >= 15 is 0 Å². The highest BCUT2D eigenvalue weighted by molar-refractivity contribution is 5.72. The summed E-state index contributed by atoms with van der Waals surface area (Å²) in [5, 5.41) is 0. The zero-order valence-electron chi connectivity index (χ0n) is 7.89. The van der Waals surface area contributed by atoms with Crippen molar-refractivity contribution in [2.24, 2.45) is 4.99 Å². The van der Waals surface area contributed by atoms with E-state index in [1.165, 1.54) is 5.57 Å². The topological polar surface area (TPSA) is 12.4 Å². The molecular weight excluding hydrogens is 134 g/mol. The minimum Gasteiger partial charge on any atom is -0.262 e. The molecule has 1 heteroatoms. The van der Waals surface area contributed by atoms with Crippen LogP contribution >= 0.6 is 0 Å². The van der Waals surface area contributed by atoms with E-state index in [2.05, 4.69) is 31.8 Å². The molecule has 0 spiro atoms. The van der Waals surface area contributed by atoms with Gasteiger partial charge in [-0.05, 0) is 33.3 Å². The van der Waals surface area contributed by atoms with E-state index in [-0.39, 0.29) is 0 Å². The molecule has 0 bridgehead atoms. The highest BCUT2D eigenvalue weighted by Gasteiger charge is 1.82. The van der Waals surface area contributed by atoms with Crippen LogP contribution in [0.2, 0.25) is 0 Å². The molecule has 0 saturated heterocycles. The van der Waals surface area contributed by atoms with E-state index in [1.807, 2.05) is 19.2 Å². The lowest BCUT2D eigenvalue weighted by atomic mass is 10.3. The van der Waals surface area contributed by atoms with E-state index in [0.717, 1.165) is 12.1 Å². The van der Waals surface area contributed by atoms with E-state index < -0.39 is 0 Å². The van der Waals surface area contributed by atoms with Crippen molar-refractivity contribution < 1.29 is 0 Å². The van der Waals surface area contributed by atoms with Crippen molar-refractivity contribution in [1.29, 1.82) is 0 Å². The number of nitrogens with zero attached hydrogens (tertiary/aromatic N) is 1. The SMILES string of the molecule is CC/C=C/C=NC(C)=C(C)C. The molecule has 0 aromatic heterocycles. The minimum absolute atomic E-state index is 1.07. The lowest BCUT2D eigenvalue weighted by Crippen LogP contribution is -1.74. The number of hydrogen-bond donors (Lipinski definition) is 0. The average molecular weight is 151 g/mol. The minimum atomic E-state index is 1.07. The maximum atomic E-state index is 4.23. The van der Waals surface area contributed by atoms with Crippen molar-refractivity contribution in [2.45, 2.75) is 34.1 Å². The zero-order valence-corrected chi connectivity index (χ0v) is 7.89. The van der Waals surface area contributed by atoms with Crippen LogP contribution < -0.4 is 0 Å². The van der Waals surface area contributed by atoms with E-state index in [4.69, 9.17) is 0 Å². The lowest BCUT2D eigenvalue weighted by molar-refractivity contribution is 1.19. The van der Waals surface area contributed by atoms with Crippen molar-refractivity contribution in [1.82, 2.24) is 0 Å². The van der Waals surface area contributed by atoms with Gasteiger partial charge >= 0.3 is 0 Å². The van der Waals surface area contributed by atoms with Gasteiger partial charge in [-0.25, -0.2) is 0 Å². The van der Waals surface area contributed by atoms with Crippen LogP contribution in [0.5, 0.6) is 0 Å². The van der Waals surface area contributed by atoms with E-state index in [1.54, 1.807) is 0 Å². The molecule has 0 radical (unpaired) electrons. The summed E-state index contributed by atoms with van der Waals surface area (Å²) in [6.07, 6.45) is 6.97. The predicted molar refractivity (Wildman–Crippen MR) is 52.0 cm³/mol. The Morgan fingerprint density at radius 2 is 1.91 bits per heavy atom.